The van der Waals surface area contributed by atoms with Crippen molar-refractivity contribution in [3.63, 3.8) is 0 Å². The number of benzene rings is 2. The molecule has 0 atom stereocenters. The highest BCUT2D eigenvalue weighted by Crippen LogP contribution is 2.27. The summed E-state index contributed by atoms with van der Waals surface area (Å²) >= 11 is 14.0. The average Bonchev–Trinajstić information content (AvgIpc) is 3.14. The molecule has 4 rings (SSSR count). The first-order valence-corrected chi connectivity index (χ1v) is 12.9. The summed E-state index contributed by atoms with van der Waals surface area (Å²) in [4.78, 5) is 30.3. The number of halogens is 1. The second-order valence-electron chi connectivity index (χ2n) is 7.34. The molecular formula is C23H21ClN4O3S3. The third-order valence-electron chi connectivity index (χ3n) is 4.99. The Morgan fingerprint density at radius 2 is 2.00 bits per heavy atom. The van der Waals surface area contributed by atoms with E-state index in [9.17, 15) is 9.59 Å². The van der Waals surface area contributed by atoms with Gasteiger partial charge in [-0.3, -0.25) is 18.7 Å². The van der Waals surface area contributed by atoms with Gasteiger partial charge in [0.05, 0.1) is 12.4 Å². The van der Waals surface area contributed by atoms with Crippen LogP contribution in [0.25, 0.3) is 16.0 Å². The lowest BCUT2D eigenvalue weighted by Crippen LogP contribution is -2.21. The quantitative estimate of drug-likeness (QED) is 0.189. The zero-order chi connectivity index (χ0) is 24.4. The molecule has 0 fully saturated rings. The lowest BCUT2D eigenvalue weighted by Gasteiger charge is -2.11. The van der Waals surface area contributed by atoms with Gasteiger partial charge in [-0.25, -0.2) is 4.98 Å². The number of ether oxygens (including phenoxy) is 1. The first-order chi connectivity index (χ1) is 16.3. The molecule has 2 aromatic heterocycles. The molecule has 0 saturated carbocycles. The maximum Gasteiger partial charge on any atom is 0.273 e. The van der Waals surface area contributed by atoms with Crippen LogP contribution in [0.3, 0.4) is 0 Å². The molecule has 176 valence electrons. The smallest absolute Gasteiger partial charge is 0.273 e. The number of carbonyl (C=O) groups is 1. The van der Waals surface area contributed by atoms with Crippen molar-refractivity contribution in [1.29, 1.82) is 0 Å². The number of thiazole rings is 1. The molecule has 11 heteroatoms. The summed E-state index contributed by atoms with van der Waals surface area (Å²) in [6, 6.07) is 12.8. The average molecular weight is 533 g/mol. The largest absolute Gasteiger partial charge is 0.494 e. The number of rotatable bonds is 7. The van der Waals surface area contributed by atoms with Crippen molar-refractivity contribution in [1.82, 2.24) is 14.1 Å². The standard InChI is InChI=1S/C23H21ClN4O3S3/c1-4-31-16-9-7-15(8-10-16)28-20-19(34-23(28)32)21(30)27(3)22(26-20)33-12-18(29)25-17-11-14(24)6-5-13(17)2/h5-11H,4,12H2,1-3H3,(H,25,29). The van der Waals surface area contributed by atoms with Crippen molar-refractivity contribution in [2.45, 2.75) is 19.0 Å². The zero-order valence-electron chi connectivity index (χ0n) is 18.6. The Kier molecular flexibility index (Phi) is 7.42. The van der Waals surface area contributed by atoms with Crippen LogP contribution < -0.4 is 15.6 Å². The van der Waals surface area contributed by atoms with Crippen molar-refractivity contribution < 1.29 is 9.53 Å². The highest BCUT2D eigenvalue weighted by molar-refractivity contribution is 7.99. The van der Waals surface area contributed by atoms with Crippen molar-refractivity contribution >= 4 is 68.9 Å². The first-order valence-electron chi connectivity index (χ1n) is 10.3. The second kappa shape index (κ2) is 10.3. The highest BCUT2D eigenvalue weighted by atomic mass is 35.5. The lowest BCUT2D eigenvalue weighted by molar-refractivity contribution is -0.113. The Hall–Kier alpha value is -2.66. The number of hydrogen-bond acceptors (Lipinski definition) is 7. The van der Waals surface area contributed by atoms with E-state index in [0.29, 0.717) is 36.8 Å². The molecule has 2 aromatic carbocycles. The number of fused-ring (bicyclic) bond motifs is 1. The van der Waals surface area contributed by atoms with E-state index in [1.807, 2.05) is 44.2 Å². The monoisotopic (exact) mass is 532 g/mol. The van der Waals surface area contributed by atoms with Gasteiger partial charge in [-0.1, -0.05) is 40.8 Å². The Morgan fingerprint density at radius 3 is 2.71 bits per heavy atom. The lowest BCUT2D eigenvalue weighted by atomic mass is 10.2. The van der Waals surface area contributed by atoms with Crippen LogP contribution in [0.5, 0.6) is 5.75 Å². The van der Waals surface area contributed by atoms with Gasteiger partial charge in [0.2, 0.25) is 5.91 Å². The van der Waals surface area contributed by atoms with E-state index in [0.717, 1.165) is 17.0 Å². The first kappa shape index (κ1) is 24.5. The Labute approximate surface area is 214 Å². The Balaban J connectivity index is 1.63. The predicted octanol–water partition coefficient (Wildman–Crippen LogP) is 5.61. The number of hydrogen-bond donors (Lipinski definition) is 1. The number of aryl methyl sites for hydroxylation is 1. The molecule has 1 N–H and O–H groups in total. The van der Waals surface area contributed by atoms with Gasteiger partial charge in [-0.05, 0) is 68.0 Å². The van der Waals surface area contributed by atoms with Crippen molar-refractivity contribution in [2.24, 2.45) is 7.05 Å². The Bertz CT molecular complexity index is 1490. The molecule has 4 aromatic rings. The molecule has 0 unspecified atom stereocenters. The number of amides is 1. The molecule has 34 heavy (non-hydrogen) atoms. The fourth-order valence-corrected chi connectivity index (χ4v) is 5.56. The number of thioether (sulfide) groups is 1. The fraction of sp³-hybridized carbons (Fsp3) is 0.217. The molecule has 0 spiro atoms. The van der Waals surface area contributed by atoms with Crippen LogP contribution in [0.4, 0.5) is 5.69 Å². The summed E-state index contributed by atoms with van der Waals surface area (Å²) in [6.45, 7) is 4.38. The fourth-order valence-electron chi connectivity index (χ4n) is 3.27. The minimum Gasteiger partial charge on any atom is -0.494 e. The third-order valence-corrected chi connectivity index (χ3v) is 7.60. The van der Waals surface area contributed by atoms with Crippen LogP contribution >= 0.6 is 46.9 Å². The van der Waals surface area contributed by atoms with Gasteiger partial charge in [0.25, 0.3) is 5.56 Å². The van der Waals surface area contributed by atoms with Gasteiger partial charge >= 0.3 is 0 Å². The van der Waals surface area contributed by atoms with E-state index in [2.05, 4.69) is 5.32 Å². The van der Waals surface area contributed by atoms with Gasteiger partial charge in [0.1, 0.15) is 10.4 Å². The van der Waals surface area contributed by atoms with Crippen molar-refractivity contribution in [3.05, 3.63) is 67.4 Å². The minimum absolute atomic E-state index is 0.0751. The molecule has 7 nitrogen and oxygen atoms in total. The topological polar surface area (TPSA) is 78.1 Å². The summed E-state index contributed by atoms with van der Waals surface area (Å²) in [5, 5.41) is 3.82. The maximum absolute atomic E-state index is 13.0. The normalized spacial score (nSPS) is 11.1. The van der Waals surface area contributed by atoms with Gasteiger partial charge < -0.3 is 10.1 Å². The van der Waals surface area contributed by atoms with E-state index in [1.165, 1.54) is 27.7 Å². The molecule has 0 aliphatic heterocycles. The molecule has 2 heterocycles. The van der Waals surface area contributed by atoms with Crippen molar-refractivity contribution in [2.75, 3.05) is 17.7 Å². The molecule has 0 bridgehead atoms. The summed E-state index contributed by atoms with van der Waals surface area (Å²) in [5.41, 5.74) is 2.60. The third kappa shape index (κ3) is 5.05. The Morgan fingerprint density at radius 1 is 1.26 bits per heavy atom. The number of carbonyl (C=O) groups excluding carboxylic acids is 1. The van der Waals surface area contributed by atoms with E-state index >= 15 is 0 Å². The van der Waals surface area contributed by atoms with Crippen LogP contribution in [0.15, 0.2) is 52.4 Å². The molecule has 0 saturated heterocycles. The van der Waals surface area contributed by atoms with Gasteiger partial charge in [-0.2, -0.15) is 0 Å². The molecule has 0 radical (unpaired) electrons. The van der Waals surface area contributed by atoms with Crippen LogP contribution in [-0.4, -0.2) is 32.4 Å². The van der Waals surface area contributed by atoms with Gasteiger partial charge in [-0.15, -0.1) is 0 Å². The highest BCUT2D eigenvalue weighted by Gasteiger charge is 2.17. The summed E-state index contributed by atoms with van der Waals surface area (Å²) in [7, 11) is 1.64. The van der Waals surface area contributed by atoms with E-state index in [4.69, 9.17) is 33.5 Å². The molecular weight excluding hydrogens is 512 g/mol. The number of aromatic nitrogens is 3. The molecule has 1 amide bonds. The summed E-state index contributed by atoms with van der Waals surface area (Å²) in [6.07, 6.45) is 0. The molecule has 0 aliphatic rings. The van der Waals surface area contributed by atoms with E-state index in [-0.39, 0.29) is 17.2 Å². The summed E-state index contributed by atoms with van der Waals surface area (Å²) < 4.78 is 9.70. The number of nitrogens with zero attached hydrogens (tertiary/aromatic N) is 3. The van der Waals surface area contributed by atoms with E-state index in [1.54, 1.807) is 23.7 Å². The SMILES string of the molecule is CCOc1ccc(-n2c(=S)sc3c(=O)n(C)c(SCC(=O)Nc4cc(Cl)ccc4C)nc32)cc1. The maximum atomic E-state index is 13.0. The van der Waals surface area contributed by atoms with Crippen LogP contribution in [-0.2, 0) is 11.8 Å². The van der Waals surface area contributed by atoms with Crippen LogP contribution in [0, 0.1) is 10.9 Å². The zero-order valence-corrected chi connectivity index (χ0v) is 21.8. The predicted molar refractivity (Wildman–Crippen MR) is 142 cm³/mol. The van der Waals surface area contributed by atoms with Gasteiger partial charge in [0.15, 0.2) is 14.8 Å². The summed E-state index contributed by atoms with van der Waals surface area (Å²) in [5.74, 6) is 0.600. The number of nitrogens with one attached hydrogen (secondary N) is 1. The molecule has 0 aliphatic carbocycles. The van der Waals surface area contributed by atoms with Gasteiger partial charge in [0, 0.05) is 23.4 Å². The van der Waals surface area contributed by atoms with Crippen molar-refractivity contribution in [3.8, 4) is 11.4 Å². The van der Waals surface area contributed by atoms with Crippen LogP contribution in [0.2, 0.25) is 5.02 Å². The number of anilines is 1. The minimum atomic E-state index is -0.224. The van der Waals surface area contributed by atoms with E-state index < -0.39 is 0 Å². The second-order valence-corrected chi connectivity index (χ2v) is 10.4. The van der Waals surface area contributed by atoms with Crippen LogP contribution in [0.1, 0.15) is 12.5 Å².